The van der Waals surface area contributed by atoms with Crippen LogP contribution in [0.3, 0.4) is 0 Å². The van der Waals surface area contributed by atoms with Crippen molar-refractivity contribution in [1.82, 2.24) is 13.7 Å². The molecule has 1 aliphatic rings. The summed E-state index contributed by atoms with van der Waals surface area (Å²) in [7, 11) is -3.39. The summed E-state index contributed by atoms with van der Waals surface area (Å²) >= 11 is 0. The third kappa shape index (κ3) is 3.44. The first-order chi connectivity index (χ1) is 11.5. The summed E-state index contributed by atoms with van der Waals surface area (Å²) < 4.78 is 32.9. The summed E-state index contributed by atoms with van der Waals surface area (Å²) in [6.07, 6.45) is 5.37. The molecule has 1 atom stereocenters. The first kappa shape index (κ1) is 16.9. The lowest BCUT2D eigenvalue weighted by atomic mass is 10.2. The van der Waals surface area contributed by atoms with E-state index in [1.54, 1.807) is 6.20 Å². The molecule has 0 spiro atoms. The molecule has 3 rings (SSSR count). The van der Waals surface area contributed by atoms with Gasteiger partial charge in [-0.2, -0.15) is 4.31 Å². The standard InChI is InChI=1S/C16H21N3O4S/c1-2-10-24(21,22)19-9-5-6-14(19)16(20)23-12-13-11-18-8-4-3-7-15(18)17-13/h3-4,7-8,11,14H,2,5-6,9-10,12H2,1H3. The lowest BCUT2D eigenvalue weighted by Crippen LogP contribution is -2.42. The summed E-state index contributed by atoms with van der Waals surface area (Å²) in [4.78, 5) is 16.7. The van der Waals surface area contributed by atoms with Crippen molar-refractivity contribution in [3.05, 3.63) is 36.3 Å². The molecule has 2 aromatic rings. The van der Waals surface area contributed by atoms with Gasteiger partial charge in [-0.3, -0.25) is 4.79 Å². The van der Waals surface area contributed by atoms with Gasteiger partial charge in [0.25, 0.3) is 0 Å². The Morgan fingerprint density at radius 2 is 2.25 bits per heavy atom. The monoisotopic (exact) mass is 351 g/mol. The van der Waals surface area contributed by atoms with E-state index in [0.717, 1.165) is 5.65 Å². The van der Waals surface area contributed by atoms with Gasteiger partial charge in [-0.05, 0) is 31.4 Å². The topological polar surface area (TPSA) is 81.0 Å². The number of rotatable bonds is 6. The smallest absolute Gasteiger partial charge is 0.324 e. The van der Waals surface area contributed by atoms with Crippen molar-refractivity contribution in [2.45, 2.75) is 38.8 Å². The zero-order valence-corrected chi connectivity index (χ0v) is 14.4. The SMILES string of the molecule is CCCS(=O)(=O)N1CCCC1C(=O)OCc1cn2ccccc2n1. The second-order valence-electron chi connectivity index (χ2n) is 5.89. The van der Waals surface area contributed by atoms with Crippen molar-refractivity contribution >= 4 is 21.6 Å². The van der Waals surface area contributed by atoms with Crippen LogP contribution in [-0.4, -0.2) is 46.4 Å². The zero-order chi connectivity index (χ0) is 17.2. The van der Waals surface area contributed by atoms with Gasteiger partial charge in [0.1, 0.15) is 18.3 Å². The molecule has 130 valence electrons. The maximum absolute atomic E-state index is 12.3. The zero-order valence-electron chi connectivity index (χ0n) is 13.6. The second-order valence-corrected chi connectivity index (χ2v) is 7.93. The average molecular weight is 351 g/mol. The second kappa shape index (κ2) is 6.90. The van der Waals surface area contributed by atoms with Crippen molar-refractivity contribution in [3.8, 4) is 0 Å². The quantitative estimate of drug-likeness (QED) is 0.738. The molecule has 2 aromatic heterocycles. The molecule has 0 aliphatic carbocycles. The van der Waals surface area contributed by atoms with Gasteiger partial charge in [0, 0.05) is 18.9 Å². The molecular formula is C16H21N3O4S. The van der Waals surface area contributed by atoms with E-state index in [1.165, 1.54) is 4.31 Å². The molecule has 0 bridgehead atoms. The van der Waals surface area contributed by atoms with Crippen LogP contribution in [0, 0.1) is 0 Å². The fraction of sp³-hybridized carbons (Fsp3) is 0.500. The van der Waals surface area contributed by atoms with Crippen LogP contribution in [-0.2, 0) is 26.2 Å². The highest BCUT2D eigenvalue weighted by Crippen LogP contribution is 2.23. The molecule has 7 nitrogen and oxygen atoms in total. The number of fused-ring (bicyclic) bond motifs is 1. The Balaban J connectivity index is 1.65. The van der Waals surface area contributed by atoms with Crippen molar-refractivity contribution in [1.29, 1.82) is 0 Å². The maximum Gasteiger partial charge on any atom is 0.324 e. The van der Waals surface area contributed by atoms with Gasteiger partial charge in [0.15, 0.2) is 0 Å². The first-order valence-electron chi connectivity index (χ1n) is 8.10. The predicted octanol–water partition coefficient (Wildman–Crippen LogP) is 1.58. The minimum absolute atomic E-state index is 0.0404. The Bertz CT molecular complexity index is 798. The first-order valence-corrected chi connectivity index (χ1v) is 9.71. The number of carbonyl (C=O) groups is 1. The van der Waals surface area contributed by atoms with Crippen LogP contribution in [0.2, 0.25) is 0 Å². The number of carbonyl (C=O) groups excluding carboxylic acids is 1. The Hall–Kier alpha value is -1.93. The molecule has 24 heavy (non-hydrogen) atoms. The van der Waals surface area contributed by atoms with Crippen LogP contribution in [0.4, 0.5) is 0 Å². The van der Waals surface area contributed by atoms with Crippen molar-refractivity contribution in [2.75, 3.05) is 12.3 Å². The van der Waals surface area contributed by atoms with Gasteiger partial charge in [0.2, 0.25) is 10.0 Å². The molecule has 0 saturated carbocycles. The third-order valence-electron chi connectivity index (χ3n) is 4.07. The summed E-state index contributed by atoms with van der Waals surface area (Å²) in [5.41, 5.74) is 1.41. The fourth-order valence-electron chi connectivity index (χ4n) is 2.98. The average Bonchev–Trinajstić information content (AvgIpc) is 3.19. The molecule has 0 N–H and O–H groups in total. The van der Waals surface area contributed by atoms with E-state index in [9.17, 15) is 13.2 Å². The molecule has 0 radical (unpaired) electrons. The van der Waals surface area contributed by atoms with Crippen LogP contribution < -0.4 is 0 Å². The van der Waals surface area contributed by atoms with Crippen LogP contribution in [0.1, 0.15) is 31.9 Å². The van der Waals surface area contributed by atoms with Crippen molar-refractivity contribution in [2.24, 2.45) is 0 Å². The fourth-order valence-corrected chi connectivity index (χ4v) is 4.72. The molecule has 1 saturated heterocycles. The van der Waals surface area contributed by atoms with E-state index in [2.05, 4.69) is 4.98 Å². The normalized spacial score (nSPS) is 19.0. The van der Waals surface area contributed by atoms with Crippen LogP contribution in [0.5, 0.6) is 0 Å². The number of sulfonamides is 1. The van der Waals surface area contributed by atoms with E-state index in [1.807, 2.05) is 35.7 Å². The van der Waals surface area contributed by atoms with Gasteiger partial charge >= 0.3 is 5.97 Å². The number of imidazole rings is 1. The molecule has 1 aliphatic heterocycles. The minimum atomic E-state index is -3.39. The Morgan fingerprint density at radius 3 is 3.00 bits per heavy atom. The van der Waals surface area contributed by atoms with Gasteiger partial charge in [-0.1, -0.05) is 13.0 Å². The number of hydrogen-bond donors (Lipinski definition) is 0. The summed E-state index contributed by atoms with van der Waals surface area (Å²) in [5, 5.41) is 0. The van der Waals surface area contributed by atoms with E-state index < -0.39 is 22.0 Å². The highest BCUT2D eigenvalue weighted by Gasteiger charge is 2.39. The molecular weight excluding hydrogens is 330 g/mol. The number of esters is 1. The Labute approximate surface area is 141 Å². The minimum Gasteiger partial charge on any atom is -0.458 e. The number of nitrogens with zero attached hydrogens (tertiary/aromatic N) is 3. The van der Waals surface area contributed by atoms with Crippen LogP contribution in [0.25, 0.3) is 5.65 Å². The summed E-state index contributed by atoms with van der Waals surface area (Å²) in [5.74, 6) is -0.437. The van der Waals surface area contributed by atoms with Crippen LogP contribution >= 0.6 is 0 Å². The Kier molecular flexibility index (Phi) is 4.86. The van der Waals surface area contributed by atoms with Gasteiger partial charge in [-0.15, -0.1) is 0 Å². The van der Waals surface area contributed by atoms with Gasteiger partial charge in [0.05, 0.1) is 11.4 Å². The predicted molar refractivity (Wildman–Crippen MR) is 88.8 cm³/mol. The van der Waals surface area contributed by atoms with E-state index in [0.29, 0.717) is 31.5 Å². The van der Waals surface area contributed by atoms with E-state index in [-0.39, 0.29) is 12.4 Å². The highest BCUT2D eigenvalue weighted by molar-refractivity contribution is 7.89. The van der Waals surface area contributed by atoms with Crippen molar-refractivity contribution < 1.29 is 17.9 Å². The van der Waals surface area contributed by atoms with Crippen LogP contribution in [0.15, 0.2) is 30.6 Å². The highest BCUT2D eigenvalue weighted by atomic mass is 32.2. The van der Waals surface area contributed by atoms with E-state index >= 15 is 0 Å². The third-order valence-corrected chi connectivity index (χ3v) is 6.15. The van der Waals surface area contributed by atoms with Crippen molar-refractivity contribution in [3.63, 3.8) is 0 Å². The number of pyridine rings is 1. The molecule has 1 fully saturated rings. The molecule has 8 heteroatoms. The molecule has 0 aromatic carbocycles. The summed E-state index contributed by atoms with van der Waals surface area (Å²) in [6.45, 7) is 2.24. The van der Waals surface area contributed by atoms with E-state index in [4.69, 9.17) is 4.74 Å². The Morgan fingerprint density at radius 1 is 1.42 bits per heavy atom. The molecule has 0 amide bonds. The number of hydrogen-bond acceptors (Lipinski definition) is 5. The molecule has 1 unspecified atom stereocenters. The summed E-state index contributed by atoms with van der Waals surface area (Å²) in [6, 6.07) is 4.92. The lowest BCUT2D eigenvalue weighted by molar-refractivity contribution is -0.148. The van der Waals surface area contributed by atoms with Gasteiger partial charge in [-0.25, -0.2) is 13.4 Å². The molecule has 3 heterocycles. The lowest BCUT2D eigenvalue weighted by Gasteiger charge is -2.22. The largest absolute Gasteiger partial charge is 0.458 e. The maximum atomic E-state index is 12.3. The number of aromatic nitrogens is 2. The number of ether oxygens (including phenoxy) is 1. The van der Waals surface area contributed by atoms with Gasteiger partial charge < -0.3 is 9.14 Å².